The van der Waals surface area contributed by atoms with E-state index in [1.165, 1.54) is 10.5 Å². The van der Waals surface area contributed by atoms with Crippen molar-refractivity contribution in [2.45, 2.75) is 26.4 Å². The zero-order valence-electron chi connectivity index (χ0n) is 16.0. The summed E-state index contributed by atoms with van der Waals surface area (Å²) in [6, 6.07) is 20.6. The molecule has 5 rings (SSSR count). The standard InChI is InChI=1S/C24H21NO3/c1-15-22-18(13-25(14-27-22)16(2)17-8-4-3-5-9-17)12-21-19-10-6-7-11-20(19)24(26)28-23(15)21/h3-12,16H,13-14H2,1-2H3/p+1/t16-/m0/s1. The molecule has 3 aromatic carbocycles. The van der Waals surface area contributed by atoms with Crippen LogP contribution < -0.4 is 15.3 Å². The SMILES string of the molecule is Cc1c2c(cc3c1oc(=O)c1ccccc13)C[NH+]([C@@H](C)c1ccccc1)CO2. The molecule has 1 N–H and O–H groups in total. The molecular weight excluding hydrogens is 350 g/mol. The average molecular weight is 372 g/mol. The fraction of sp³-hybridized carbons (Fsp3) is 0.208. The van der Waals surface area contributed by atoms with Crippen LogP contribution in [0.1, 0.15) is 29.7 Å². The van der Waals surface area contributed by atoms with Crippen molar-refractivity contribution in [3.05, 3.63) is 87.8 Å². The molecule has 0 saturated carbocycles. The van der Waals surface area contributed by atoms with Crippen molar-refractivity contribution >= 4 is 21.7 Å². The number of hydrogen-bond donors (Lipinski definition) is 1. The van der Waals surface area contributed by atoms with Gasteiger partial charge in [0.1, 0.15) is 23.9 Å². The second-order valence-corrected chi connectivity index (χ2v) is 7.56. The van der Waals surface area contributed by atoms with Crippen LogP contribution in [0.25, 0.3) is 21.7 Å². The number of rotatable bonds is 2. The Morgan fingerprint density at radius 3 is 2.46 bits per heavy atom. The Morgan fingerprint density at radius 1 is 0.964 bits per heavy atom. The molecule has 1 unspecified atom stereocenters. The second-order valence-electron chi connectivity index (χ2n) is 7.56. The summed E-state index contributed by atoms with van der Waals surface area (Å²) in [5.41, 5.74) is 3.70. The van der Waals surface area contributed by atoms with Crippen molar-refractivity contribution in [2.24, 2.45) is 0 Å². The quantitative estimate of drug-likeness (QED) is 0.431. The van der Waals surface area contributed by atoms with E-state index >= 15 is 0 Å². The summed E-state index contributed by atoms with van der Waals surface area (Å²) in [5, 5.41) is 2.53. The molecule has 4 nitrogen and oxygen atoms in total. The number of quaternary nitrogens is 1. The summed E-state index contributed by atoms with van der Waals surface area (Å²) in [6.07, 6.45) is 0. The van der Waals surface area contributed by atoms with Gasteiger partial charge in [0.2, 0.25) is 6.73 Å². The molecule has 1 aromatic heterocycles. The number of nitrogens with one attached hydrogen (secondary N) is 1. The fourth-order valence-electron chi connectivity index (χ4n) is 4.27. The van der Waals surface area contributed by atoms with Crippen molar-refractivity contribution in [3.8, 4) is 5.75 Å². The predicted octanol–water partition coefficient (Wildman–Crippen LogP) is 3.75. The molecule has 2 heterocycles. The molecule has 0 amide bonds. The molecule has 0 fully saturated rings. The van der Waals surface area contributed by atoms with Crippen LogP contribution in [0.4, 0.5) is 0 Å². The second kappa shape index (κ2) is 6.50. The van der Waals surface area contributed by atoms with Gasteiger partial charge in [0.05, 0.1) is 5.39 Å². The van der Waals surface area contributed by atoms with Gasteiger partial charge in [-0.05, 0) is 31.4 Å². The minimum absolute atomic E-state index is 0.299. The third kappa shape index (κ3) is 2.60. The molecular formula is C24H22NO3+. The molecule has 0 radical (unpaired) electrons. The van der Waals surface area contributed by atoms with Gasteiger partial charge in [-0.1, -0.05) is 48.5 Å². The van der Waals surface area contributed by atoms with Crippen molar-refractivity contribution in [2.75, 3.05) is 6.73 Å². The molecule has 0 bridgehead atoms. The molecule has 0 spiro atoms. The van der Waals surface area contributed by atoms with Gasteiger partial charge in [-0.15, -0.1) is 0 Å². The molecule has 1 aliphatic rings. The smallest absolute Gasteiger partial charge is 0.344 e. The maximum absolute atomic E-state index is 12.4. The summed E-state index contributed by atoms with van der Waals surface area (Å²) >= 11 is 0. The van der Waals surface area contributed by atoms with E-state index < -0.39 is 0 Å². The normalized spacial score (nSPS) is 17.3. The monoisotopic (exact) mass is 372 g/mol. The van der Waals surface area contributed by atoms with Crippen LogP contribution in [-0.2, 0) is 6.54 Å². The Labute approximate surface area is 163 Å². The zero-order chi connectivity index (χ0) is 19.3. The maximum atomic E-state index is 12.4. The number of ether oxygens (including phenoxy) is 1. The number of aryl methyl sites for hydroxylation is 1. The van der Waals surface area contributed by atoms with Gasteiger partial charge in [0.15, 0.2) is 0 Å². The minimum Gasteiger partial charge on any atom is -0.444 e. The first-order valence-electron chi connectivity index (χ1n) is 9.64. The Balaban J connectivity index is 1.64. The molecule has 28 heavy (non-hydrogen) atoms. The molecule has 0 saturated heterocycles. The molecule has 1 aliphatic heterocycles. The van der Waals surface area contributed by atoms with E-state index in [9.17, 15) is 4.79 Å². The summed E-state index contributed by atoms with van der Waals surface area (Å²) in [5.74, 6) is 0.856. The molecule has 4 aromatic rings. The van der Waals surface area contributed by atoms with Crippen LogP contribution >= 0.6 is 0 Å². The van der Waals surface area contributed by atoms with Crippen LogP contribution in [0.5, 0.6) is 5.75 Å². The first-order chi connectivity index (χ1) is 13.6. The fourth-order valence-corrected chi connectivity index (χ4v) is 4.27. The molecule has 4 heteroatoms. The Bertz CT molecular complexity index is 1240. The predicted molar refractivity (Wildman–Crippen MR) is 110 cm³/mol. The van der Waals surface area contributed by atoms with Crippen molar-refractivity contribution in [1.29, 1.82) is 0 Å². The van der Waals surface area contributed by atoms with Gasteiger partial charge < -0.3 is 9.15 Å². The Kier molecular flexibility index (Phi) is 3.95. The lowest BCUT2D eigenvalue weighted by Crippen LogP contribution is -3.12. The largest absolute Gasteiger partial charge is 0.444 e. The van der Waals surface area contributed by atoms with Gasteiger partial charge in [0, 0.05) is 22.1 Å². The zero-order valence-corrected chi connectivity index (χ0v) is 16.0. The van der Waals surface area contributed by atoms with Crippen LogP contribution in [0.2, 0.25) is 0 Å². The van der Waals surface area contributed by atoms with E-state index in [4.69, 9.17) is 9.15 Å². The lowest BCUT2D eigenvalue weighted by atomic mass is 9.99. The highest BCUT2D eigenvalue weighted by molar-refractivity contribution is 6.06. The van der Waals surface area contributed by atoms with E-state index in [2.05, 4.69) is 37.3 Å². The van der Waals surface area contributed by atoms with E-state index in [1.54, 1.807) is 0 Å². The van der Waals surface area contributed by atoms with Crippen molar-refractivity contribution in [3.63, 3.8) is 0 Å². The third-order valence-electron chi connectivity index (χ3n) is 5.90. The van der Waals surface area contributed by atoms with E-state index in [1.807, 2.05) is 37.3 Å². The summed E-state index contributed by atoms with van der Waals surface area (Å²) in [4.78, 5) is 13.8. The summed E-state index contributed by atoms with van der Waals surface area (Å²) < 4.78 is 11.8. The first-order valence-corrected chi connectivity index (χ1v) is 9.64. The van der Waals surface area contributed by atoms with E-state index in [-0.39, 0.29) is 5.63 Å². The number of hydrogen-bond acceptors (Lipinski definition) is 3. The number of benzene rings is 3. The average Bonchev–Trinajstić information content (AvgIpc) is 2.75. The van der Waals surface area contributed by atoms with E-state index in [0.29, 0.717) is 23.7 Å². The highest BCUT2D eigenvalue weighted by Gasteiger charge is 2.29. The summed E-state index contributed by atoms with van der Waals surface area (Å²) in [7, 11) is 0. The van der Waals surface area contributed by atoms with Crippen LogP contribution in [-0.4, -0.2) is 6.73 Å². The topological polar surface area (TPSA) is 43.9 Å². The molecule has 140 valence electrons. The van der Waals surface area contributed by atoms with Gasteiger partial charge >= 0.3 is 5.63 Å². The minimum atomic E-state index is -0.299. The van der Waals surface area contributed by atoms with Crippen LogP contribution in [0, 0.1) is 6.92 Å². The van der Waals surface area contributed by atoms with Gasteiger partial charge in [-0.2, -0.15) is 0 Å². The summed E-state index contributed by atoms with van der Waals surface area (Å²) in [6.45, 7) is 5.68. The maximum Gasteiger partial charge on any atom is 0.344 e. The highest BCUT2D eigenvalue weighted by Crippen LogP contribution is 2.35. The van der Waals surface area contributed by atoms with Gasteiger partial charge in [-0.25, -0.2) is 4.79 Å². The first kappa shape index (κ1) is 17.0. The van der Waals surface area contributed by atoms with Gasteiger partial charge in [-0.3, -0.25) is 4.90 Å². The Hall–Kier alpha value is -3.11. The van der Waals surface area contributed by atoms with Crippen molar-refractivity contribution in [1.82, 2.24) is 0 Å². The van der Waals surface area contributed by atoms with E-state index in [0.717, 1.165) is 34.2 Å². The lowest BCUT2D eigenvalue weighted by molar-refractivity contribution is -0.960. The molecule has 2 atom stereocenters. The highest BCUT2D eigenvalue weighted by atomic mass is 16.5. The number of fused-ring (bicyclic) bond motifs is 4. The molecule has 0 aliphatic carbocycles. The third-order valence-corrected chi connectivity index (χ3v) is 5.90. The lowest BCUT2D eigenvalue weighted by Gasteiger charge is -2.31. The van der Waals surface area contributed by atoms with Crippen molar-refractivity contribution < 1.29 is 14.1 Å². The van der Waals surface area contributed by atoms with Gasteiger partial charge in [0.25, 0.3) is 0 Å². The van der Waals surface area contributed by atoms with Crippen LogP contribution in [0.15, 0.2) is 69.9 Å². The Morgan fingerprint density at radius 2 is 1.68 bits per heavy atom. The van der Waals surface area contributed by atoms with Crippen LogP contribution in [0.3, 0.4) is 0 Å².